The third-order valence-electron chi connectivity index (χ3n) is 15.2. The van der Waals surface area contributed by atoms with Gasteiger partial charge in [-0.3, -0.25) is 0 Å². The molecule has 11 aromatic rings. The molecule has 0 atom stereocenters. The highest BCUT2D eigenvalue weighted by Crippen LogP contribution is 2.62. The quantitative estimate of drug-likeness (QED) is 0.168. The number of fused-ring (bicyclic) bond motifs is 15. The van der Waals surface area contributed by atoms with Gasteiger partial charge in [-0.25, -0.2) is 0 Å². The van der Waals surface area contributed by atoms with Crippen molar-refractivity contribution in [3.05, 3.63) is 264 Å². The van der Waals surface area contributed by atoms with Crippen molar-refractivity contribution in [1.29, 1.82) is 0 Å². The van der Waals surface area contributed by atoms with E-state index in [2.05, 4.69) is 254 Å². The molecule has 2 aliphatic carbocycles. The molecule has 0 fully saturated rings. The maximum absolute atomic E-state index is 2.55. The van der Waals surface area contributed by atoms with Gasteiger partial charge in [0.05, 0.1) is 33.5 Å². The molecule has 1 aliphatic heterocycles. The lowest BCUT2D eigenvalue weighted by molar-refractivity contribution is 0.660. The van der Waals surface area contributed by atoms with E-state index >= 15 is 0 Å². The van der Waals surface area contributed by atoms with Crippen LogP contribution in [0, 0.1) is 0 Å². The molecule has 1 aromatic heterocycles. The summed E-state index contributed by atoms with van der Waals surface area (Å²) in [5, 5.41) is 2.57. The molecule has 0 radical (unpaired) electrons. The topological polar surface area (TPSA) is 8.17 Å². The van der Waals surface area contributed by atoms with Crippen LogP contribution in [0.3, 0.4) is 0 Å². The molecule has 0 amide bonds. The number of aromatic nitrogens is 1. The predicted molar refractivity (Wildman–Crippen MR) is 275 cm³/mol. The minimum atomic E-state index is -0.542. The van der Waals surface area contributed by atoms with Crippen LogP contribution in [0.5, 0.6) is 0 Å². The van der Waals surface area contributed by atoms with Crippen molar-refractivity contribution in [3.63, 3.8) is 0 Å². The minimum Gasteiger partial charge on any atom is -0.309 e. The SMILES string of the molecule is CC1(C)c2ccccc2-c2c(N(c3ccc(-c4ccccc4)cc3)c3ccccc3-c3ccc4c(c3)C3(c5ccccc5-c5ccccc53)c3cccc5c6ccccc6n-4c35)cccc21. The molecule has 66 heavy (non-hydrogen) atoms. The third kappa shape index (κ3) is 4.85. The van der Waals surface area contributed by atoms with Gasteiger partial charge in [0.2, 0.25) is 0 Å². The molecule has 0 saturated carbocycles. The Bertz CT molecular complexity index is 3750. The molecule has 1 spiro atoms. The Labute approximate surface area is 385 Å². The number of benzene rings is 10. The van der Waals surface area contributed by atoms with E-state index in [1.165, 1.54) is 111 Å². The summed E-state index contributed by atoms with van der Waals surface area (Å²) in [6, 6.07) is 86.3. The first kappa shape index (κ1) is 37.2. The van der Waals surface area contributed by atoms with Crippen molar-refractivity contribution in [2.24, 2.45) is 0 Å². The molecule has 0 bridgehead atoms. The smallest absolute Gasteiger partial charge is 0.0754 e. The fraction of sp³-hybridized carbons (Fsp3) is 0.0625. The van der Waals surface area contributed by atoms with Crippen LogP contribution in [0.15, 0.2) is 231 Å². The number of hydrogen-bond donors (Lipinski definition) is 0. The van der Waals surface area contributed by atoms with E-state index in [9.17, 15) is 0 Å². The zero-order chi connectivity index (χ0) is 43.7. The van der Waals surface area contributed by atoms with Gasteiger partial charge in [-0.15, -0.1) is 0 Å². The Hall–Kier alpha value is -8.20. The standard InChI is InChI=1S/C64H44N2/c1-63(2)51-26-11-8-24-50(51)61-54(63)29-17-33-60(61)65(44-37-34-42(35-38-44)41-18-4-3-5-19-41)57-31-14-9-20-45(57)43-36-39-59-56(40-43)64(52-27-12-6-21-46(52)47-22-7-13-28-53(47)64)55-30-16-25-49-48-23-10-15-32-58(48)66(59)62(49)55/h3-40H,1-2H3. The fourth-order valence-corrected chi connectivity index (χ4v) is 12.4. The lowest BCUT2D eigenvalue weighted by atomic mass is 9.65. The lowest BCUT2D eigenvalue weighted by Gasteiger charge is -2.40. The molecule has 10 aromatic carbocycles. The summed E-state index contributed by atoms with van der Waals surface area (Å²) in [5.74, 6) is 0. The van der Waals surface area contributed by atoms with Crippen molar-refractivity contribution < 1.29 is 0 Å². The Morgan fingerprint density at radius 1 is 0.364 bits per heavy atom. The van der Waals surface area contributed by atoms with Crippen LogP contribution >= 0.6 is 0 Å². The molecular weight excluding hydrogens is 797 g/mol. The van der Waals surface area contributed by atoms with E-state index < -0.39 is 5.41 Å². The van der Waals surface area contributed by atoms with Crippen LogP contribution in [-0.4, -0.2) is 4.57 Å². The fourth-order valence-electron chi connectivity index (χ4n) is 12.4. The molecule has 0 unspecified atom stereocenters. The molecule has 3 aliphatic rings. The van der Waals surface area contributed by atoms with Crippen molar-refractivity contribution in [3.8, 4) is 50.2 Å². The maximum atomic E-state index is 2.55. The maximum Gasteiger partial charge on any atom is 0.0754 e. The van der Waals surface area contributed by atoms with E-state index in [0.29, 0.717) is 0 Å². The van der Waals surface area contributed by atoms with Gasteiger partial charge in [0, 0.05) is 33.0 Å². The van der Waals surface area contributed by atoms with Gasteiger partial charge in [-0.1, -0.05) is 202 Å². The molecule has 0 saturated heterocycles. The first-order valence-electron chi connectivity index (χ1n) is 23.2. The Kier molecular flexibility index (Phi) is 7.70. The van der Waals surface area contributed by atoms with Gasteiger partial charge in [0.1, 0.15) is 0 Å². The van der Waals surface area contributed by atoms with Gasteiger partial charge in [-0.05, 0) is 109 Å². The highest BCUT2D eigenvalue weighted by atomic mass is 15.1. The van der Waals surface area contributed by atoms with Crippen molar-refractivity contribution in [2.75, 3.05) is 4.90 Å². The van der Waals surface area contributed by atoms with Crippen LogP contribution in [-0.2, 0) is 10.8 Å². The second kappa shape index (κ2) is 13.7. The number of para-hydroxylation sites is 3. The van der Waals surface area contributed by atoms with Gasteiger partial charge < -0.3 is 9.47 Å². The minimum absolute atomic E-state index is 0.144. The Morgan fingerprint density at radius 3 is 1.68 bits per heavy atom. The lowest BCUT2D eigenvalue weighted by Crippen LogP contribution is -2.33. The average Bonchev–Trinajstić information content (AvgIpc) is 3.96. The van der Waals surface area contributed by atoms with Crippen molar-refractivity contribution >= 4 is 38.9 Å². The second-order valence-electron chi connectivity index (χ2n) is 18.8. The molecule has 2 nitrogen and oxygen atoms in total. The summed E-state index contributed by atoms with van der Waals surface area (Å²) in [6.07, 6.45) is 0. The van der Waals surface area contributed by atoms with Gasteiger partial charge in [0.15, 0.2) is 0 Å². The molecular formula is C64H44N2. The zero-order valence-corrected chi connectivity index (χ0v) is 36.8. The van der Waals surface area contributed by atoms with Crippen LogP contribution in [0.25, 0.3) is 72.0 Å². The summed E-state index contributed by atoms with van der Waals surface area (Å²) < 4.78 is 2.55. The first-order valence-corrected chi connectivity index (χ1v) is 23.2. The Morgan fingerprint density at radius 2 is 0.909 bits per heavy atom. The van der Waals surface area contributed by atoms with Crippen molar-refractivity contribution in [1.82, 2.24) is 4.57 Å². The number of rotatable bonds is 5. The van der Waals surface area contributed by atoms with E-state index in [1.54, 1.807) is 0 Å². The summed E-state index contributed by atoms with van der Waals surface area (Å²) in [5.41, 5.74) is 24.4. The van der Waals surface area contributed by atoms with Gasteiger partial charge in [0.25, 0.3) is 0 Å². The van der Waals surface area contributed by atoms with Crippen LogP contribution < -0.4 is 4.90 Å². The largest absolute Gasteiger partial charge is 0.309 e. The summed E-state index contributed by atoms with van der Waals surface area (Å²) >= 11 is 0. The molecule has 2 heterocycles. The number of hydrogen-bond acceptors (Lipinski definition) is 1. The number of nitrogens with zero attached hydrogens (tertiary/aromatic N) is 2. The highest BCUT2D eigenvalue weighted by Gasteiger charge is 2.51. The van der Waals surface area contributed by atoms with Crippen LogP contribution in [0.1, 0.15) is 47.2 Å². The first-order chi connectivity index (χ1) is 32.5. The van der Waals surface area contributed by atoms with Gasteiger partial charge in [-0.2, -0.15) is 0 Å². The predicted octanol–water partition coefficient (Wildman–Crippen LogP) is 16.6. The van der Waals surface area contributed by atoms with Crippen LogP contribution in [0.4, 0.5) is 17.1 Å². The van der Waals surface area contributed by atoms with E-state index in [4.69, 9.17) is 0 Å². The van der Waals surface area contributed by atoms with Crippen LogP contribution in [0.2, 0.25) is 0 Å². The third-order valence-corrected chi connectivity index (χ3v) is 15.2. The normalized spacial score (nSPS) is 14.2. The second-order valence-corrected chi connectivity index (χ2v) is 18.8. The molecule has 14 rings (SSSR count). The van der Waals surface area contributed by atoms with Crippen molar-refractivity contribution in [2.45, 2.75) is 24.7 Å². The molecule has 0 N–H and O–H groups in total. The summed E-state index contributed by atoms with van der Waals surface area (Å²) in [4.78, 5) is 2.52. The number of anilines is 3. The Balaban J connectivity index is 1.05. The molecule has 310 valence electrons. The summed E-state index contributed by atoms with van der Waals surface area (Å²) in [7, 11) is 0. The van der Waals surface area contributed by atoms with E-state index in [0.717, 1.165) is 11.4 Å². The highest BCUT2D eigenvalue weighted by molar-refractivity contribution is 6.13. The molecule has 2 heteroatoms. The van der Waals surface area contributed by atoms with E-state index in [1.807, 2.05) is 0 Å². The monoisotopic (exact) mass is 840 g/mol. The zero-order valence-electron chi connectivity index (χ0n) is 36.8. The summed E-state index contributed by atoms with van der Waals surface area (Å²) in [6.45, 7) is 4.74. The average molecular weight is 841 g/mol. The van der Waals surface area contributed by atoms with Gasteiger partial charge >= 0.3 is 0 Å². The van der Waals surface area contributed by atoms with E-state index in [-0.39, 0.29) is 5.41 Å².